The van der Waals surface area contributed by atoms with Crippen LogP contribution in [0.4, 0.5) is 0 Å². The molecule has 0 aliphatic carbocycles. The third-order valence-electron chi connectivity index (χ3n) is 6.13. The van der Waals surface area contributed by atoms with Crippen LogP contribution in [0.1, 0.15) is 35.0 Å². The van der Waals surface area contributed by atoms with Crippen LogP contribution in [0.15, 0.2) is 57.8 Å². The van der Waals surface area contributed by atoms with E-state index in [-0.39, 0.29) is 16.7 Å². The first kappa shape index (κ1) is 21.1. The minimum atomic E-state index is -3.64. The van der Waals surface area contributed by atoms with Gasteiger partial charge in [0.05, 0.1) is 18.1 Å². The molecular formula is C23H25N3O5S. The number of morpholine rings is 1. The molecule has 8 nitrogen and oxygen atoms in total. The molecule has 3 aromatic rings. The first-order valence-electron chi connectivity index (χ1n) is 10.8. The second-order valence-electron chi connectivity index (χ2n) is 8.13. The normalized spacial score (nSPS) is 18.8. The first-order chi connectivity index (χ1) is 15.5. The molecule has 0 saturated carbocycles. The van der Waals surface area contributed by atoms with Crippen LogP contribution in [-0.4, -0.2) is 67.9 Å². The SMILES string of the molecule is O=C(c1cccc(S(=O)(=O)N2CCOCC2)c1)N1CCC(c2nc3ccccc3o2)CC1. The number of aromatic nitrogens is 1. The van der Waals surface area contributed by atoms with E-state index >= 15 is 0 Å². The van der Waals surface area contributed by atoms with Gasteiger partial charge in [0.1, 0.15) is 5.52 Å². The molecule has 0 N–H and O–H groups in total. The molecule has 2 aliphatic rings. The predicted molar refractivity (Wildman–Crippen MR) is 118 cm³/mol. The van der Waals surface area contributed by atoms with Gasteiger partial charge in [-0.15, -0.1) is 0 Å². The summed E-state index contributed by atoms with van der Waals surface area (Å²) >= 11 is 0. The number of likely N-dealkylation sites (tertiary alicyclic amines) is 1. The fourth-order valence-electron chi connectivity index (χ4n) is 4.30. The molecule has 0 spiro atoms. The van der Waals surface area contributed by atoms with E-state index in [4.69, 9.17) is 9.15 Å². The van der Waals surface area contributed by atoms with Gasteiger partial charge < -0.3 is 14.1 Å². The van der Waals surface area contributed by atoms with Crippen LogP contribution in [-0.2, 0) is 14.8 Å². The summed E-state index contributed by atoms with van der Waals surface area (Å²) in [6.45, 7) is 2.55. The summed E-state index contributed by atoms with van der Waals surface area (Å²) < 4.78 is 38.4. The Hall–Kier alpha value is -2.75. The van der Waals surface area contributed by atoms with E-state index in [2.05, 4.69) is 4.98 Å². The van der Waals surface area contributed by atoms with Crippen LogP contribution in [0.25, 0.3) is 11.1 Å². The van der Waals surface area contributed by atoms with E-state index in [1.807, 2.05) is 24.3 Å². The molecule has 3 heterocycles. The number of carbonyl (C=O) groups is 1. The van der Waals surface area contributed by atoms with E-state index in [0.717, 1.165) is 29.8 Å². The van der Waals surface area contributed by atoms with Gasteiger partial charge in [-0.2, -0.15) is 4.31 Å². The van der Waals surface area contributed by atoms with Crippen LogP contribution in [0, 0.1) is 0 Å². The van der Waals surface area contributed by atoms with Crippen molar-refractivity contribution < 1.29 is 22.4 Å². The van der Waals surface area contributed by atoms with Gasteiger partial charge in [-0.25, -0.2) is 13.4 Å². The van der Waals surface area contributed by atoms with Gasteiger partial charge in [0, 0.05) is 37.7 Å². The van der Waals surface area contributed by atoms with Crippen molar-refractivity contribution in [3.8, 4) is 0 Å². The molecule has 2 saturated heterocycles. The molecule has 2 aromatic carbocycles. The van der Waals surface area contributed by atoms with Gasteiger partial charge >= 0.3 is 0 Å². The smallest absolute Gasteiger partial charge is 0.253 e. The summed E-state index contributed by atoms with van der Waals surface area (Å²) in [5.74, 6) is 0.733. The molecule has 0 unspecified atom stereocenters. The van der Waals surface area contributed by atoms with Crippen molar-refractivity contribution in [1.82, 2.24) is 14.2 Å². The zero-order valence-corrected chi connectivity index (χ0v) is 18.5. The second-order valence-corrected chi connectivity index (χ2v) is 10.1. The largest absolute Gasteiger partial charge is 0.440 e. The lowest BCUT2D eigenvalue weighted by atomic mass is 9.96. The van der Waals surface area contributed by atoms with Crippen LogP contribution < -0.4 is 0 Å². The number of hydrogen-bond donors (Lipinski definition) is 0. The molecular weight excluding hydrogens is 430 g/mol. The number of ether oxygens (including phenoxy) is 1. The van der Waals surface area contributed by atoms with Gasteiger partial charge in [-0.05, 0) is 43.2 Å². The molecule has 5 rings (SSSR count). The summed E-state index contributed by atoms with van der Waals surface area (Å²) in [4.78, 5) is 19.6. The number of piperidine rings is 1. The third kappa shape index (κ3) is 4.03. The maximum Gasteiger partial charge on any atom is 0.253 e. The minimum absolute atomic E-state index is 0.145. The number of benzene rings is 2. The van der Waals surface area contributed by atoms with Crippen LogP contribution >= 0.6 is 0 Å². The molecule has 2 fully saturated rings. The lowest BCUT2D eigenvalue weighted by Gasteiger charge is -2.31. The van der Waals surface area contributed by atoms with E-state index in [1.165, 1.54) is 10.4 Å². The zero-order valence-electron chi connectivity index (χ0n) is 17.6. The molecule has 1 aromatic heterocycles. The lowest BCUT2D eigenvalue weighted by Crippen LogP contribution is -2.41. The summed E-state index contributed by atoms with van der Waals surface area (Å²) in [7, 11) is -3.64. The number of carbonyl (C=O) groups excluding carboxylic acids is 1. The second kappa shape index (κ2) is 8.65. The zero-order chi connectivity index (χ0) is 22.1. The fraction of sp³-hybridized carbons (Fsp3) is 0.391. The summed E-state index contributed by atoms with van der Waals surface area (Å²) in [6, 6.07) is 14.0. The van der Waals surface area contributed by atoms with Gasteiger partial charge in [0.25, 0.3) is 5.91 Å². The average molecular weight is 456 g/mol. The number of para-hydroxylation sites is 2. The van der Waals surface area contributed by atoms with Crippen LogP contribution in [0.5, 0.6) is 0 Å². The maximum atomic E-state index is 13.1. The number of amides is 1. The number of sulfonamides is 1. The van der Waals surface area contributed by atoms with E-state index in [1.54, 1.807) is 23.1 Å². The molecule has 168 valence electrons. The number of fused-ring (bicyclic) bond motifs is 1. The first-order valence-corrected chi connectivity index (χ1v) is 12.3. The summed E-state index contributed by atoms with van der Waals surface area (Å²) in [5.41, 5.74) is 2.01. The standard InChI is InChI=1S/C23H25N3O5S/c27-23(18-4-3-5-19(16-18)32(28,29)26-12-14-30-15-13-26)25-10-8-17(9-11-25)22-24-20-6-1-2-7-21(20)31-22/h1-7,16-17H,8-15H2. The molecule has 0 atom stereocenters. The van der Waals surface area contributed by atoms with Gasteiger partial charge in [-0.3, -0.25) is 4.79 Å². The van der Waals surface area contributed by atoms with Crippen molar-refractivity contribution in [2.24, 2.45) is 0 Å². The van der Waals surface area contributed by atoms with Gasteiger partial charge in [-0.1, -0.05) is 18.2 Å². The van der Waals surface area contributed by atoms with Crippen molar-refractivity contribution in [2.75, 3.05) is 39.4 Å². The number of rotatable bonds is 4. The molecule has 2 aliphatic heterocycles. The Morgan fingerprint density at radius 3 is 2.47 bits per heavy atom. The van der Waals surface area contributed by atoms with Crippen LogP contribution in [0.2, 0.25) is 0 Å². The summed E-state index contributed by atoms with van der Waals surface area (Å²) in [6.07, 6.45) is 1.51. The lowest BCUT2D eigenvalue weighted by molar-refractivity contribution is 0.0705. The van der Waals surface area contributed by atoms with Gasteiger partial charge in [0.2, 0.25) is 10.0 Å². The fourth-order valence-corrected chi connectivity index (χ4v) is 5.76. The Morgan fingerprint density at radius 2 is 1.72 bits per heavy atom. The van der Waals surface area contributed by atoms with Crippen LogP contribution in [0.3, 0.4) is 0 Å². The highest BCUT2D eigenvalue weighted by Crippen LogP contribution is 2.30. The van der Waals surface area contributed by atoms with Crippen molar-refractivity contribution in [3.05, 3.63) is 60.0 Å². The third-order valence-corrected chi connectivity index (χ3v) is 8.03. The predicted octanol–water partition coefficient (Wildman–Crippen LogP) is 2.87. The Bertz CT molecular complexity index is 1190. The number of hydrogen-bond acceptors (Lipinski definition) is 6. The van der Waals surface area contributed by atoms with E-state index < -0.39 is 10.0 Å². The maximum absolute atomic E-state index is 13.1. The topological polar surface area (TPSA) is 93.0 Å². The number of nitrogens with zero attached hydrogens (tertiary/aromatic N) is 3. The van der Waals surface area contributed by atoms with Gasteiger partial charge in [0.15, 0.2) is 11.5 Å². The van der Waals surface area contributed by atoms with Crippen molar-refractivity contribution in [2.45, 2.75) is 23.7 Å². The monoisotopic (exact) mass is 455 g/mol. The molecule has 9 heteroatoms. The Balaban J connectivity index is 1.27. The quantitative estimate of drug-likeness (QED) is 0.601. The van der Waals surface area contributed by atoms with E-state index in [9.17, 15) is 13.2 Å². The highest BCUT2D eigenvalue weighted by Gasteiger charge is 2.30. The highest BCUT2D eigenvalue weighted by atomic mass is 32.2. The Morgan fingerprint density at radius 1 is 0.969 bits per heavy atom. The molecule has 32 heavy (non-hydrogen) atoms. The molecule has 0 bridgehead atoms. The summed E-state index contributed by atoms with van der Waals surface area (Å²) in [5, 5.41) is 0. The van der Waals surface area contributed by atoms with Crippen molar-refractivity contribution in [3.63, 3.8) is 0 Å². The van der Waals surface area contributed by atoms with E-state index in [0.29, 0.717) is 45.0 Å². The highest BCUT2D eigenvalue weighted by molar-refractivity contribution is 7.89. The van der Waals surface area contributed by atoms with Crippen molar-refractivity contribution >= 4 is 27.0 Å². The Kier molecular flexibility index (Phi) is 5.71. The number of oxazole rings is 1. The van der Waals surface area contributed by atoms with Crippen molar-refractivity contribution in [1.29, 1.82) is 0 Å². The minimum Gasteiger partial charge on any atom is -0.440 e. The Labute approximate surface area is 186 Å². The molecule has 0 radical (unpaired) electrons. The average Bonchev–Trinajstić information content (AvgIpc) is 3.29. The molecule has 1 amide bonds.